The summed E-state index contributed by atoms with van der Waals surface area (Å²) in [6, 6.07) is 0. The maximum Gasteiger partial charge on any atom is 0.179 e. The summed E-state index contributed by atoms with van der Waals surface area (Å²) in [5.74, 6) is 0. The van der Waals surface area contributed by atoms with Gasteiger partial charge in [-0.05, 0) is 13.8 Å². The molecule has 0 aromatic carbocycles. The first-order valence-electron chi connectivity index (χ1n) is 2.96. The van der Waals surface area contributed by atoms with Gasteiger partial charge in [-0.2, -0.15) is 0 Å². The number of nitrogen functional groups attached to an aromatic ring is 1. The summed E-state index contributed by atoms with van der Waals surface area (Å²) in [7, 11) is 0. The second kappa shape index (κ2) is 5.20. The lowest BCUT2D eigenvalue weighted by Crippen LogP contribution is -1.85. The Labute approximate surface area is 64.5 Å². The van der Waals surface area contributed by atoms with Crippen molar-refractivity contribution < 1.29 is 5.11 Å². The lowest BCUT2D eigenvalue weighted by molar-refractivity contribution is 0.216. The minimum Gasteiger partial charge on any atom is -0.394 e. The van der Waals surface area contributed by atoms with Gasteiger partial charge in [-0.1, -0.05) is 0 Å². The molecular weight excluding hydrogens is 148 g/mol. The molecule has 0 radical (unpaired) electrons. The number of aromatic nitrogens is 1. The van der Waals surface area contributed by atoms with Gasteiger partial charge >= 0.3 is 0 Å². The van der Waals surface area contributed by atoms with E-state index in [9.17, 15) is 0 Å². The molecule has 1 aromatic heterocycles. The number of aliphatic hydroxyl groups excluding tert-OH is 1. The first-order valence-corrected chi connectivity index (χ1v) is 3.84. The number of nitrogens with zero attached hydrogens (tertiary/aromatic N) is 1. The van der Waals surface area contributed by atoms with E-state index in [1.54, 1.807) is 20.0 Å². The molecule has 0 bridgehead atoms. The van der Waals surface area contributed by atoms with Crippen LogP contribution in [0, 0.1) is 0 Å². The lowest BCUT2D eigenvalue weighted by atomic mass is 10.5. The van der Waals surface area contributed by atoms with Crippen LogP contribution < -0.4 is 5.73 Å². The zero-order chi connectivity index (χ0) is 7.98. The monoisotopic (exact) mass is 160 g/mol. The molecule has 0 atom stereocenters. The lowest BCUT2D eigenvalue weighted by Gasteiger charge is -1.80. The minimum atomic E-state index is -0.167. The number of nitrogens with two attached hydrogens (primary N) is 1. The summed E-state index contributed by atoms with van der Waals surface area (Å²) in [4.78, 5) is 3.71. The predicted octanol–water partition coefficient (Wildman–Crippen LogP) is 1.11. The molecule has 4 heteroatoms. The zero-order valence-electron chi connectivity index (χ0n) is 6.11. The van der Waals surface area contributed by atoms with Crippen molar-refractivity contribution >= 4 is 16.5 Å². The van der Waals surface area contributed by atoms with Gasteiger partial charge in [0.25, 0.3) is 0 Å². The summed E-state index contributed by atoms with van der Waals surface area (Å²) in [6.07, 6.45) is 1.51. The molecule has 1 heterocycles. The Morgan fingerprint density at radius 1 is 1.70 bits per heavy atom. The number of anilines is 1. The molecule has 0 aliphatic rings. The molecule has 58 valence electrons. The van der Waals surface area contributed by atoms with Gasteiger partial charge < -0.3 is 10.8 Å². The van der Waals surface area contributed by atoms with Gasteiger partial charge in [0.15, 0.2) is 5.13 Å². The van der Waals surface area contributed by atoms with Crippen LogP contribution >= 0.6 is 11.3 Å². The van der Waals surface area contributed by atoms with Crippen molar-refractivity contribution in [3.05, 3.63) is 11.6 Å². The van der Waals surface area contributed by atoms with E-state index in [1.165, 1.54) is 11.3 Å². The van der Waals surface area contributed by atoms with Crippen molar-refractivity contribution in [3.8, 4) is 0 Å². The summed E-state index contributed by atoms with van der Waals surface area (Å²) in [5.41, 5.74) is 5.19. The zero-order valence-corrected chi connectivity index (χ0v) is 6.93. The molecule has 0 saturated heterocycles. The fourth-order valence-corrected chi connectivity index (χ4v) is 0.617. The highest BCUT2D eigenvalue weighted by Crippen LogP contribution is 2.02. The minimum absolute atomic E-state index is 0.167. The molecule has 0 saturated carbocycles. The fraction of sp³-hybridized carbons (Fsp3) is 0.500. The molecule has 3 nitrogen and oxygen atoms in total. The van der Waals surface area contributed by atoms with Crippen LogP contribution in [0.3, 0.4) is 0 Å². The van der Waals surface area contributed by atoms with Gasteiger partial charge in [0, 0.05) is 17.7 Å². The largest absolute Gasteiger partial charge is 0.394 e. The van der Waals surface area contributed by atoms with Gasteiger partial charge in [-0.25, -0.2) is 4.98 Å². The maximum absolute atomic E-state index is 8.06. The fourth-order valence-electron chi connectivity index (χ4n) is 0.234. The Kier molecular flexibility index (Phi) is 4.88. The van der Waals surface area contributed by atoms with E-state index >= 15 is 0 Å². The molecule has 0 spiro atoms. The van der Waals surface area contributed by atoms with E-state index in [2.05, 4.69) is 4.98 Å². The molecule has 1 rings (SSSR count). The van der Waals surface area contributed by atoms with Crippen molar-refractivity contribution in [3.63, 3.8) is 0 Å². The van der Waals surface area contributed by atoms with Crippen LogP contribution in [0.15, 0.2) is 11.6 Å². The van der Waals surface area contributed by atoms with E-state index < -0.39 is 0 Å². The Balaban J connectivity index is 0.000000180. The third-order valence-corrected chi connectivity index (χ3v) is 1.06. The van der Waals surface area contributed by atoms with Crippen LogP contribution in [0.1, 0.15) is 13.8 Å². The van der Waals surface area contributed by atoms with Crippen molar-refractivity contribution in [1.29, 1.82) is 0 Å². The summed E-state index contributed by atoms with van der Waals surface area (Å²) < 4.78 is 0. The van der Waals surface area contributed by atoms with Crippen LogP contribution in [0.2, 0.25) is 0 Å². The third-order valence-electron chi connectivity index (χ3n) is 0.451. The normalized spacial score (nSPS) is 8.80. The van der Waals surface area contributed by atoms with Crippen LogP contribution in [0.5, 0.6) is 0 Å². The van der Waals surface area contributed by atoms with Crippen molar-refractivity contribution in [2.24, 2.45) is 0 Å². The van der Waals surface area contributed by atoms with Crippen molar-refractivity contribution in [2.45, 2.75) is 20.0 Å². The van der Waals surface area contributed by atoms with E-state index in [1.807, 2.05) is 5.38 Å². The number of rotatable bonds is 0. The molecular formula is C6H12N2OS. The average molecular weight is 160 g/mol. The Hall–Kier alpha value is -0.610. The van der Waals surface area contributed by atoms with Gasteiger partial charge in [0.05, 0.1) is 0 Å². The van der Waals surface area contributed by atoms with Gasteiger partial charge in [0.2, 0.25) is 0 Å². The SMILES string of the molecule is CC(C)O.Nc1nccs1. The quantitative estimate of drug-likeness (QED) is 0.597. The number of hydrogen-bond acceptors (Lipinski definition) is 4. The molecule has 1 aromatic rings. The Morgan fingerprint density at radius 3 is 2.30 bits per heavy atom. The first kappa shape index (κ1) is 9.39. The number of aliphatic hydroxyl groups is 1. The summed E-state index contributed by atoms with van der Waals surface area (Å²) in [6.45, 7) is 3.44. The standard InChI is InChI=1S/C3H4N2S.C3H8O/c4-3-5-1-2-6-3;1-3(2)4/h1-2H,(H2,4,5);3-4H,1-2H3. The molecule has 0 amide bonds. The van der Waals surface area contributed by atoms with Crippen LogP contribution in [0.25, 0.3) is 0 Å². The molecule has 10 heavy (non-hydrogen) atoms. The van der Waals surface area contributed by atoms with Gasteiger partial charge in [-0.3, -0.25) is 0 Å². The number of thiazole rings is 1. The molecule has 3 N–H and O–H groups in total. The Morgan fingerprint density at radius 2 is 2.20 bits per heavy atom. The third kappa shape index (κ3) is 7.39. The highest BCUT2D eigenvalue weighted by Gasteiger charge is 1.76. The smallest absolute Gasteiger partial charge is 0.179 e. The van der Waals surface area contributed by atoms with E-state index in [-0.39, 0.29) is 6.10 Å². The highest BCUT2D eigenvalue weighted by molar-refractivity contribution is 7.13. The van der Waals surface area contributed by atoms with E-state index in [4.69, 9.17) is 10.8 Å². The maximum atomic E-state index is 8.06. The molecule has 0 aliphatic heterocycles. The average Bonchev–Trinajstić information content (AvgIpc) is 2.15. The van der Waals surface area contributed by atoms with Crippen LogP contribution in [0.4, 0.5) is 5.13 Å². The number of hydrogen-bond donors (Lipinski definition) is 2. The second-order valence-electron chi connectivity index (χ2n) is 1.96. The molecule has 0 fully saturated rings. The van der Waals surface area contributed by atoms with Gasteiger partial charge in [-0.15, -0.1) is 11.3 Å². The van der Waals surface area contributed by atoms with E-state index in [0.717, 1.165) is 0 Å². The van der Waals surface area contributed by atoms with Crippen molar-refractivity contribution in [1.82, 2.24) is 4.98 Å². The van der Waals surface area contributed by atoms with Crippen LogP contribution in [-0.2, 0) is 0 Å². The summed E-state index contributed by atoms with van der Waals surface area (Å²) >= 11 is 1.44. The highest BCUT2D eigenvalue weighted by atomic mass is 32.1. The summed E-state index contributed by atoms with van der Waals surface area (Å²) in [5, 5.41) is 10.5. The molecule has 0 unspecified atom stereocenters. The molecule has 0 aliphatic carbocycles. The first-order chi connectivity index (χ1) is 4.63. The predicted molar refractivity (Wildman–Crippen MR) is 43.9 cm³/mol. The van der Waals surface area contributed by atoms with Gasteiger partial charge in [0.1, 0.15) is 0 Å². The van der Waals surface area contributed by atoms with Crippen molar-refractivity contribution in [2.75, 3.05) is 5.73 Å². The topological polar surface area (TPSA) is 59.1 Å². The second-order valence-corrected chi connectivity index (χ2v) is 2.89. The van der Waals surface area contributed by atoms with E-state index in [0.29, 0.717) is 5.13 Å². The Bertz CT molecular complexity index is 148. The van der Waals surface area contributed by atoms with Crippen LogP contribution in [-0.4, -0.2) is 16.2 Å².